The minimum Gasteiger partial charge on any atom is -0.494 e. The molecule has 0 aliphatic carbocycles. The number of hydrogen-bond donors (Lipinski definition) is 0. The van der Waals surface area contributed by atoms with Crippen molar-refractivity contribution in [3.63, 3.8) is 0 Å². The largest absolute Gasteiger partial charge is 0.494 e. The third kappa shape index (κ3) is 4.16. The van der Waals surface area contributed by atoms with E-state index in [0.29, 0.717) is 13.2 Å². The number of benzene rings is 2. The molecule has 104 valence electrons. The van der Waals surface area contributed by atoms with E-state index in [1.807, 2.05) is 31.2 Å². The van der Waals surface area contributed by atoms with Crippen LogP contribution in [-0.4, -0.2) is 13.2 Å². The van der Waals surface area contributed by atoms with Crippen LogP contribution in [0.2, 0.25) is 0 Å². The van der Waals surface area contributed by atoms with Crippen molar-refractivity contribution in [3.8, 4) is 11.5 Å². The molecule has 2 nitrogen and oxygen atoms in total. The van der Waals surface area contributed by atoms with Crippen molar-refractivity contribution in [2.45, 2.75) is 13.3 Å². The summed E-state index contributed by atoms with van der Waals surface area (Å²) < 4.78 is 11.0. The molecule has 2 heteroatoms. The van der Waals surface area contributed by atoms with E-state index < -0.39 is 0 Å². The molecule has 0 fully saturated rings. The van der Waals surface area contributed by atoms with Crippen LogP contribution in [0.5, 0.6) is 11.5 Å². The van der Waals surface area contributed by atoms with Gasteiger partial charge in [-0.15, -0.1) is 0 Å². The standard InChI is InChI=1S/C18H20O2/c1-3-12-20-17-10-8-15(9-11-17)13-16-6-5-7-18(14-16)19-4-2/h3,5-11,14H,1,4,12-13H2,2H3. The Balaban J connectivity index is 2.02. The lowest BCUT2D eigenvalue weighted by molar-refractivity contribution is 0.340. The lowest BCUT2D eigenvalue weighted by Crippen LogP contribution is -1.95. The smallest absolute Gasteiger partial charge is 0.119 e. The summed E-state index contributed by atoms with van der Waals surface area (Å²) in [5, 5.41) is 0. The van der Waals surface area contributed by atoms with Gasteiger partial charge in [0.2, 0.25) is 0 Å². The van der Waals surface area contributed by atoms with Gasteiger partial charge in [0.1, 0.15) is 18.1 Å². The molecule has 0 spiro atoms. The van der Waals surface area contributed by atoms with Crippen LogP contribution in [0.4, 0.5) is 0 Å². The van der Waals surface area contributed by atoms with E-state index in [9.17, 15) is 0 Å². The van der Waals surface area contributed by atoms with Crippen LogP contribution in [0, 0.1) is 0 Å². The Labute approximate surface area is 120 Å². The zero-order valence-electron chi connectivity index (χ0n) is 11.8. The normalized spacial score (nSPS) is 10.1. The van der Waals surface area contributed by atoms with E-state index in [1.54, 1.807) is 6.08 Å². The first-order chi connectivity index (χ1) is 9.81. The fraction of sp³-hybridized carbons (Fsp3) is 0.222. The lowest BCUT2D eigenvalue weighted by Gasteiger charge is -2.07. The summed E-state index contributed by atoms with van der Waals surface area (Å²) in [6.45, 7) is 6.86. The highest BCUT2D eigenvalue weighted by Gasteiger charge is 2.00. The maximum atomic E-state index is 5.52. The molecule has 0 bridgehead atoms. The average molecular weight is 268 g/mol. The second-order valence-corrected chi connectivity index (χ2v) is 4.50. The maximum Gasteiger partial charge on any atom is 0.119 e. The van der Waals surface area contributed by atoms with Crippen LogP contribution in [0.25, 0.3) is 0 Å². The molecule has 0 aromatic heterocycles. The van der Waals surface area contributed by atoms with E-state index in [1.165, 1.54) is 11.1 Å². The van der Waals surface area contributed by atoms with Crippen molar-refractivity contribution >= 4 is 0 Å². The van der Waals surface area contributed by atoms with Gasteiger partial charge in [0.15, 0.2) is 0 Å². The Kier molecular flexibility index (Phi) is 5.24. The van der Waals surface area contributed by atoms with Gasteiger partial charge in [-0.05, 0) is 48.7 Å². The molecular weight excluding hydrogens is 248 g/mol. The van der Waals surface area contributed by atoms with Gasteiger partial charge in [-0.1, -0.05) is 36.9 Å². The first-order valence-corrected chi connectivity index (χ1v) is 6.86. The Hall–Kier alpha value is -2.22. The highest BCUT2D eigenvalue weighted by Crippen LogP contribution is 2.18. The molecule has 0 N–H and O–H groups in total. The fourth-order valence-corrected chi connectivity index (χ4v) is 2.01. The van der Waals surface area contributed by atoms with E-state index in [-0.39, 0.29) is 0 Å². The Bertz CT molecular complexity index is 544. The molecule has 2 aromatic carbocycles. The van der Waals surface area contributed by atoms with Gasteiger partial charge in [-0.25, -0.2) is 0 Å². The zero-order valence-corrected chi connectivity index (χ0v) is 11.8. The highest BCUT2D eigenvalue weighted by molar-refractivity contribution is 5.35. The molecule has 0 saturated carbocycles. The molecule has 0 radical (unpaired) electrons. The number of ether oxygens (including phenoxy) is 2. The van der Waals surface area contributed by atoms with Gasteiger partial charge < -0.3 is 9.47 Å². The number of hydrogen-bond acceptors (Lipinski definition) is 2. The van der Waals surface area contributed by atoms with Crippen LogP contribution in [-0.2, 0) is 6.42 Å². The summed E-state index contributed by atoms with van der Waals surface area (Å²) in [6.07, 6.45) is 2.63. The van der Waals surface area contributed by atoms with E-state index in [4.69, 9.17) is 9.47 Å². The first kappa shape index (κ1) is 14.2. The molecular formula is C18H20O2. The summed E-state index contributed by atoms with van der Waals surface area (Å²) in [6, 6.07) is 16.4. The van der Waals surface area contributed by atoms with Gasteiger partial charge >= 0.3 is 0 Å². The maximum absolute atomic E-state index is 5.52. The molecule has 0 atom stereocenters. The first-order valence-electron chi connectivity index (χ1n) is 6.86. The molecule has 2 aromatic rings. The summed E-state index contributed by atoms with van der Waals surface area (Å²) in [5.74, 6) is 1.80. The summed E-state index contributed by atoms with van der Waals surface area (Å²) >= 11 is 0. The Morgan fingerprint density at radius 1 is 0.950 bits per heavy atom. The van der Waals surface area contributed by atoms with Gasteiger partial charge in [-0.3, -0.25) is 0 Å². The van der Waals surface area contributed by atoms with Crippen molar-refractivity contribution < 1.29 is 9.47 Å². The average Bonchev–Trinajstić information content (AvgIpc) is 2.47. The predicted molar refractivity (Wildman–Crippen MR) is 82.6 cm³/mol. The lowest BCUT2D eigenvalue weighted by atomic mass is 10.0. The Morgan fingerprint density at radius 2 is 1.75 bits per heavy atom. The molecule has 0 saturated heterocycles. The quantitative estimate of drug-likeness (QED) is 0.699. The van der Waals surface area contributed by atoms with Crippen molar-refractivity contribution in [3.05, 3.63) is 72.3 Å². The molecule has 0 heterocycles. The minimum atomic E-state index is 0.537. The minimum absolute atomic E-state index is 0.537. The summed E-state index contributed by atoms with van der Waals surface area (Å²) in [7, 11) is 0. The van der Waals surface area contributed by atoms with E-state index >= 15 is 0 Å². The van der Waals surface area contributed by atoms with Gasteiger partial charge in [0.05, 0.1) is 6.61 Å². The molecule has 0 aliphatic heterocycles. The molecule has 0 unspecified atom stereocenters. The second kappa shape index (κ2) is 7.39. The third-order valence-corrected chi connectivity index (χ3v) is 2.91. The van der Waals surface area contributed by atoms with Crippen LogP contribution in [0.1, 0.15) is 18.1 Å². The zero-order chi connectivity index (χ0) is 14.2. The summed E-state index contributed by atoms with van der Waals surface area (Å²) in [4.78, 5) is 0. The van der Waals surface area contributed by atoms with Crippen LogP contribution < -0.4 is 9.47 Å². The second-order valence-electron chi connectivity index (χ2n) is 4.50. The van der Waals surface area contributed by atoms with Crippen LogP contribution in [0.3, 0.4) is 0 Å². The molecule has 20 heavy (non-hydrogen) atoms. The SMILES string of the molecule is C=CCOc1ccc(Cc2cccc(OCC)c2)cc1. The van der Waals surface area contributed by atoms with Gasteiger partial charge in [0, 0.05) is 0 Å². The predicted octanol–water partition coefficient (Wildman–Crippen LogP) is 4.24. The van der Waals surface area contributed by atoms with Crippen molar-refractivity contribution in [1.29, 1.82) is 0 Å². The van der Waals surface area contributed by atoms with Crippen LogP contribution >= 0.6 is 0 Å². The number of rotatable bonds is 7. The Morgan fingerprint density at radius 3 is 2.45 bits per heavy atom. The monoisotopic (exact) mass is 268 g/mol. The molecule has 2 rings (SSSR count). The molecule has 0 aliphatic rings. The van der Waals surface area contributed by atoms with Crippen LogP contribution in [0.15, 0.2) is 61.2 Å². The topological polar surface area (TPSA) is 18.5 Å². The third-order valence-electron chi connectivity index (χ3n) is 2.91. The molecule has 0 amide bonds. The highest BCUT2D eigenvalue weighted by atomic mass is 16.5. The van der Waals surface area contributed by atoms with Crippen molar-refractivity contribution in [2.75, 3.05) is 13.2 Å². The van der Waals surface area contributed by atoms with Gasteiger partial charge in [-0.2, -0.15) is 0 Å². The van der Waals surface area contributed by atoms with E-state index in [2.05, 4.69) is 30.8 Å². The van der Waals surface area contributed by atoms with Crippen molar-refractivity contribution in [1.82, 2.24) is 0 Å². The van der Waals surface area contributed by atoms with E-state index in [0.717, 1.165) is 17.9 Å². The summed E-state index contributed by atoms with van der Waals surface area (Å²) in [5.41, 5.74) is 2.50. The van der Waals surface area contributed by atoms with Crippen molar-refractivity contribution in [2.24, 2.45) is 0 Å². The van der Waals surface area contributed by atoms with Gasteiger partial charge in [0.25, 0.3) is 0 Å². The fourth-order valence-electron chi connectivity index (χ4n) is 2.01.